The van der Waals surface area contributed by atoms with Crippen molar-refractivity contribution in [2.45, 2.75) is 98.3 Å². The van der Waals surface area contributed by atoms with Crippen molar-refractivity contribution in [3.05, 3.63) is 54.5 Å². The Morgan fingerprint density at radius 3 is 2.09 bits per heavy atom. The van der Waals surface area contributed by atoms with Gasteiger partial charge in [0, 0.05) is 25.2 Å². The van der Waals surface area contributed by atoms with Crippen molar-refractivity contribution in [3.63, 3.8) is 0 Å². The lowest BCUT2D eigenvalue weighted by atomic mass is 10.1. The molecule has 0 unspecified atom stereocenters. The van der Waals surface area contributed by atoms with Gasteiger partial charge in [0.05, 0.1) is 30.9 Å². The third kappa shape index (κ3) is 13.4. The Kier molecular flexibility index (Phi) is 14.5. The molecule has 10 nitrogen and oxygen atoms in total. The van der Waals surface area contributed by atoms with Crippen LogP contribution in [0.15, 0.2) is 34.8 Å². The van der Waals surface area contributed by atoms with Gasteiger partial charge in [-0.15, -0.1) is 0 Å². The predicted molar refractivity (Wildman–Crippen MR) is 187 cm³/mol. The van der Waals surface area contributed by atoms with E-state index in [0.717, 1.165) is 13.6 Å². The average molecular weight is 841 g/mol. The first kappa shape index (κ1) is 39.9. The molecule has 256 valence electrons. The fourth-order valence-corrected chi connectivity index (χ4v) is 4.92. The van der Waals surface area contributed by atoms with Gasteiger partial charge in [0.1, 0.15) is 29.3 Å². The fourth-order valence-electron chi connectivity index (χ4n) is 3.75. The maximum atomic E-state index is 13.8. The zero-order chi connectivity index (χ0) is 35.0. The Hall–Kier alpha value is -2.29. The summed E-state index contributed by atoms with van der Waals surface area (Å²) >= 11 is 12.5. The molecule has 13 heteroatoms. The number of benzene rings is 2. The predicted octanol–water partition coefficient (Wildman–Crippen LogP) is 8.10. The van der Waals surface area contributed by atoms with E-state index >= 15 is 0 Å². The van der Waals surface area contributed by atoms with E-state index in [-0.39, 0.29) is 36.3 Å². The Morgan fingerprint density at radius 2 is 1.52 bits per heavy atom. The van der Waals surface area contributed by atoms with Gasteiger partial charge in [0.15, 0.2) is 12.6 Å². The molecule has 0 heterocycles. The molecular formula is C33H44BrClINO9. The first-order valence-electron chi connectivity index (χ1n) is 14.5. The first-order valence-corrected chi connectivity index (χ1v) is 16.8. The van der Waals surface area contributed by atoms with Crippen LogP contribution in [-0.2, 0) is 41.7 Å². The summed E-state index contributed by atoms with van der Waals surface area (Å²) < 4.78 is 36.0. The van der Waals surface area contributed by atoms with Gasteiger partial charge in [-0.05, 0) is 113 Å². The summed E-state index contributed by atoms with van der Waals surface area (Å²) in [5, 5.41) is 0.214. The Labute approximate surface area is 299 Å². The summed E-state index contributed by atoms with van der Waals surface area (Å²) in [4.78, 5) is 40.6. The molecule has 0 saturated heterocycles. The van der Waals surface area contributed by atoms with E-state index in [4.69, 9.17) is 40.0 Å². The third-order valence-electron chi connectivity index (χ3n) is 5.80. The molecule has 0 aliphatic heterocycles. The molecule has 0 spiro atoms. The van der Waals surface area contributed by atoms with Crippen molar-refractivity contribution < 1.29 is 42.8 Å². The summed E-state index contributed by atoms with van der Waals surface area (Å²) in [6.07, 6.45) is -0.792. The van der Waals surface area contributed by atoms with Gasteiger partial charge in [-0.1, -0.05) is 23.7 Å². The van der Waals surface area contributed by atoms with Crippen LogP contribution in [0.2, 0.25) is 5.02 Å². The molecule has 0 N–H and O–H groups in total. The molecule has 0 bridgehead atoms. The molecule has 2 aromatic carbocycles. The van der Waals surface area contributed by atoms with Crippen molar-refractivity contribution in [1.29, 1.82) is 0 Å². The quantitative estimate of drug-likeness (QED) is 0.119. The van der Waals surface area contributed by atoms with E-state index in [1.807, 2.05) is 39.0 Å². The molecule has 2 rings (SSSR count). The number of methoxy groups -OCH3 is 1. The summed E-state index contributed by atoms with van der Waals surface area (Å²) in [6, 6.07) is 7.66. The minimum atomic E-state index is -1.21. The van der Waals surface area contributed by atoms with E-state index < -0.39 is 47.5 Å². The lowest BCUT2D eigenvalue weighted by molar-refractivity contribution is -0.166. The maximum Gasteiger partial charge on any atom is 0.411 e. The van der Waals surface area contributed by atoms with Crippen LogP contribution < -0.4 is 9.47 Å². The second-order valence-corrected chi connectivity index (χ2v) is 15.7. The molecule has 0 aliphatic carbocycles. The molecule has 0 aromatic heterocycles. The van der Waals surface area contributed by atoms with Crippen LogP contribution in [0.25, 0.3) is 0 Å². The van der Waals surface area contributed by atoms with Gasteiger partial charge in [-0.25, -0.2) is 14.4 Å². The van der Waals surface area contributed by atoms with E-state index in [2.05, 4.69) is 38.5 Å². The molecule has 0 fully saturated rings. The topological polar surface area (TPSA) is 110 Å². The van der Waals surface area contributed by atoms with Crippen molar-refractivity contribution >= 4 is 68.2 Å². The van der Waals surface area contributed by atoms with Crippen LogP contribution in [0.4, 0.5) is 4.79 Å². The highest BCUT2D eigenvalue weighted by molar-refractivity contribution is 14.1. The zero-order valence-electron chi connectivity index (χ0n) is 28.0. The van der Waals surface area contributed by atoms with Crippen molar-refractivity contribution in [3.8, 4) is 11.5 Å². The van der Waals surface area contributed by atoms with Crippen LogP contribution in [0, 0.1) is 3.57 Å². The normalized spacial score (nSPS) is 12.6. The molecule has 0 aliphatic rings. The minimum absolute atomic E-state index is 0.180. The number of carbonyl (C=O) groups is 3. The fraction of sp³-hybridized carbons (Fsp3) is 0.545. The molecule has 1 atom stereocenters. The molecule has 0 radical (unpaired) electrons. The lowest BCUT2D eigenvalue weighted by Crippen LogP contribution is -2.51. The number of hydrogen-bond donors (Lipinski definition) is 0. The molecule has 46 heavy (non-hydrogen) atoms. The highest BCUT2D eigenvalue weighted by atomic mass is 127. The van der Waals surface area contributed by atoms with Crippen molar-refractivity contribution in [1.82, 2.24) is 4.90 Å². The Morgan fingerprint density at radius 1 is 0.891 bits per heavy atom. The van der Waals surface area contributed by atoms with Gasteiger partial charge < -0.3 is 28.4 Å². The van der Waals surface area contributed by atoms with Crippen molar-refractivity contribution in [2.24, 2.45) is 0 Å². The highest BCUT2D eigenvalue weighted by Gasteiger charge is 2.38. The molecule has 1 amide bonds. The second-order valence-electron chi connectivity index (χ2n) is 13.3. The second kappa shape index (κ2) is 16.7. The lowest BCUT2D eigenvalue weighted by Gasteiger charge is -2.35. The van der Waals surface area contributed by atoms with Gasteiger partial charge >= 0.3 is 18.0 Å². The van der Waals surface area contributed by atoms with Crippen LogP contribution >= 0.6 is 50.1 Å². The standard InChI is InChI=1S/C33H44BrClINO9/c1-31(2,3)44-18-24(29(39)45-32(4,5)6)37(30(40)46-33(7,8)9)16-21-14-22(35)26(15-25(21)43-19-27(38)41-10)42-17-20-12-11-13-23(36)28(20)34/h11-15,24H,16-19H2,1-10H3/t24-/m0/s1. The van der Waals surface area contributed by atoms with Gasteiger partial charge in [-0.2, -0.15) is 0 Å². The number of halogens is 3. The number of nitrogens with zero attached hydrogens (tertiary/aromatic N) is 1. The van der Waals surface area contributed by atoms with E-state index in [9.17, 15) is 14.4 Å². The maximum absolute atomic E-state index is 13.8. The third-order valence-corrected chi connectivity index (χ3v) is 8.67. The van der Waals surface area contributed by atoms with E-state index in [1.165, 1.54) is 18.1 Å². The van der Waals surface area contributed by atoms with Crippen LogP contribution in [0.5, 0.6) is 11.5 Å². The smallest absolute Gasteiger partial charge is 0.411 e. The molecular weight excluding hydrogens is 797 g/mol. The number of carbonyl (C=O) groups excluding carboxylic acids is 3. The summed E-state index contributed by atoms with van der Waals surface area (Å²) in [5.41, 5.74) is -1.12. The Balaban J connectivity index is 2.62. The van der Waals surface area contributed by atoms with E-state index in [1.54, 1.807) is 47.6 Å². The van der Waals surface area contributed by atoms with Crippen LogP contribution in [0.3, 0.4) is 0 Å². The number of ether oxygens (including phenoxy) is 6. The van der Waals surface area contributed by atoms with Gasteiger partial charge in [-0.3, -0.25) is 4.90 Å². The SMILES string of the molecule is COC(=O)COc1cc(OCc2cccc(I)c2Br)c(Cl)cc1CN(C(=O)OC(C)(C)C)[C@@H](COC(C)(C)C)C(=O)OC(C)(C)C. The number of rotatable bonds is 12. The van der Waals surface area contributed by atoms with Crippen molar-refractivity contribution in [2.75, 3.05) is 20.3 Å². The molecule has 2 aromatic rings. The molecule has 0 saturated carbocycles. The Bertz CT molecular complexity index is 1380. The first-order chi connectivity index (χ1) is 21.1. The van der Waals surface area contributed by atoms with Gasteiger partial charge in [0.25, 0.3) is 0 Å². The summed E-state index contributed by atoms with van der Waals surface area (Å²) in [6.45, 7) is 15.2. The average Bonchev–Trinajstić information content (AvgIpc) is 2.90. The summed E-state index contributed by atoms with van der Waals surface area (Å²) in [7, 11) is 1.24. The number of amides is 1. The minimum Gasteiger partial charge on any atom is -0.487 e. The largest absolute Gasteiger partial charge is 0.487 e. The summed E-state index contributed by atoms with van der Waals surface area (Å²) in [5.74, 6) is -0.853. The van der Waals surface area contributed by atoms with E-state index in [0.29, 0.717) is 5.56 Å². The van der Waals surface area contributed by atoms with Gasteiger partial charge in [0.2, 0.25) is 0 Å². The monoisotopic (exact) mass is 839 g/mol. The zero-order valence-corrected chi connectivity index (χ0v) is 32.5. The van der Waals surface area contributed by atoms with Crippen LogP contribution in [0.1, 0.15) is 73.4 Å². The number of esters is 2. The number of hydrogen-bond acceptors (Lipinski definition) is 9. The van der Waals surface area contributed by atoms with Crippen LogP contribution in [-0.4, -0.2) is 66.1 Å². The highest BCUT2D eigenvalue weighted by Crippen LogP contribution is 2.36.